The van der Waals surface area contributed by atoms with E-state index in [9.17, 15) is 17.6 Å². The Morgan fingerprint density at radius 3 is 1.48 bits per heavy atom. The molecular formula is C27H20F4. The summed E-state index contributed by atoms with van der Waals surface area (Å²) in [7, 11) is 0. The average Bonchev–Trinajstić information content (AvgIpc) is 2.78. The molecular weight excluding hydrogens is 400 g/mol. The van der Waals surface area contributed by atoms with Gasteiger partial charge in [0.2, 0.25) is 0 Å². The zero-order chi connectivity index (χ0) is 22.0. The molecule has 0 atom stereocenters. The quantitative estimate of drug-likeness (QED) is 0.225. The second-order valence-electron chi connectivity index (χ2n) is 7.47. The molecule has 0 N–H and O–H groups in total. The number of hydrogen-bond acceptors (Lipinski definition) is 0. The van der Waals surface area contributed by atoms with Crippen LogP contribution < -0.4 is 0 Å². The molecule has 0 spiro atoms. The highest BCUT2D eigenvalue weighted by atomic mass is 19.2. The van der Waals surface area contributed by atoms with Gasteiger partial charge in [0.05, 0.1) is 0 Å². The summed E-state index contributed by atoms with van der Waals surface area (Å²) in [5.74, 6) is -4.91. The highest BCUT2D eigenvalue weighted by Gasteiger charge is 2.14. The van der Waals surface area contributed by atoms with Gasteiger partial charge < -0.3 is 0 Å². The summed E-state index contributed by atoms with van der Waals surface area (Å²) in [6.45, 7) is 2.15. The lowest BCUT2D eigenvalue weighted by Gasteiger charge is -2.09. The fourth-order valence-corrected chi connectivity index (χ4v) is 3.65. The lowest BCUT2D eigenvalue weighted by atomic mass is 9.97. The molecule has 0 fully saturated rings. The summed E-state index contributed by atoms with van der Waals surface area (Å²) in [4.78, 5) is 0. The van der Waals surface area contributed by atoms with Gasteiger partial charge in [0, 0.05) is 5.56 Å². The summed E-state index contributed by atoms with van der Waals surface area (Å²) in [5, 5.41) is 0. The van der Waals surface area contributed by atoms with Crippen LogP contribution in [0.15, 0.2) is 78.9 Å². The molecule has 4 aromatic rings. The second kappa shape index (κ2) is 8.76. The van der Waals surface area contributed by atoms with Gasteiger partial charge in [0.1, 0.15) is 5.82 Å². The first-order chi connectivity index (χ1) is 15.0. The molecule has 4 rings (SSSR count). The Hall–Kier alpha value is -3.40. The Balaban J connectivity index is 1.60. The van der Waals surface area contributed by atoms with Crippen molar-refractivity contribution in [1.82, 2.24) is 0 Å². The van der Waals surface area contributed by atoms with E-state index in [0.29, 0.717) is 5.56 Å². The third kappa shape index (κ3) is 4.38. The van der Waals surface area contributed by atoms with Crippen molar-refractivity contribution in [3.05, 3.63) is 108 Å². The van der Waals surface area contributed by atoms with Crippen molar-refractivity contribution in [2.24, 2.45) is 0 Å². The molecule has 0 aliphatic heterocycles. The molecule has 0 aromatic heterocycles. The summed E-state index contributed by atoms with van der Waals surface area (Å²) >= 11 is 0. The van der Waals surface area contributed by atoms with Gasteiger partial charge >= 0.3 is 0 Å². The largest absolute Gasteiger partial charge is 0.206 e. The maximum absolute atomic E-state index is 14.7. The molecule has 0 aliphatic rings. The maximum Gasteiger partial charge on any atom is 0.194 e. The first kappa shape index (κ1) is 20.9. The molecule has 0 saturated heterocycles. The number of halogens is 4. The first-order valence-corrected chi connectivity index (χ1v) is 10.1. The minimum absolute atomic E-state index is 0.00494. The molecule has 0 saturated carbocycles. The van der Waals surface area contributed by atoms with Crippen LogP contribution >= 0.6 is 0 Å². The van der Waals surface area contributed by atoms with Crippen LogP contribution in [-0.4, -0.2) is 0 Å². The highest BCUT2D eigenvalue weighted by molar-refractivity contribution is 5.73. The molecule has 4 heteroatoms. The minimum atomic E-state index is -1.57. The Bertz CT molecular complexity index is 1190. The van der Waals surface area contributed by atoms with Gasteiger partial charge in [-0.3, -0.25) is 0 Å². The SMILES string of the molecule is CCCc1ccc(-c2ccc(-c3ccc(-c4cc(F)c(F)c(F)c4)c(F)c3)cc2)cc1. The zero-order valence-corrected chi connectivity index (χ0v) is 16.9. The lowest BCUT2D eigenvalue weighted by Crippen LogP contribution is -1.94. The molecule has 4 aromatic carbocycles. The normalized spacial score (nSPS) is 11.0. The smallest absolute Gasteiger partial charge is 0.194 e. The molecule has 0 bridgehead atoms. The third-order valence-corrected chi connectivity index (χ3v) is 5.31. The van der Waals surface area contributed by atoms with Crippen molar-refractivity contribution in [2.75, 3.05) is 0 Å². The fraction of sp³-hybridized carbons (Fsp3) is 0.111. The van der Waals surface area contributed by atoms with Crippen LogP contribution in [0.4, 0.5) is 17.6 Å². The van der Waals surface area contributed by atoms with Gasteiger partial charge in [-0.05, 0) is 58.0 Å². The molecule has 0 nitrogen and oxygen atoms in total. The van der Waals surface area contributed by atoms with E-state index in [1.165, 1.54) is 17.7 Å². The molecule has 31 heavy (non-hydrogen) atoms. The van der Waals surface area contributed by atoms with Crippen molar-refractivity contribution in [2.45, 2.75) is 19.8 Å². The van der Waals surface area contributed by atoms with Crippen LogP contribution in [0.3, 0.4) is 0 Å². The second-order valence-corrected chi connectivity index (χ2v) is 7.47. The van der Waals surface area contributed by atoms with Crippen molar-refractivity contribution in [3.63, 3.8) is 0 Å². The van der Waals surface area contributed by atoms with E-state index >= 15 is 0 Å². The Morgan fingerprint density at radius 1 is 0.516 bits per heavy atom. The molecule has 0 radical (unpaired) electrons. The number of hydrogen-bond donors (Lipinski definition) is 0. The van der Waals surface area contributed by atoms with Gasteiger partial charge in [-0.2, -0.15) is 0 Å². The Kier molecular flexibility index (Phi) is 5.90. The van der Waals surface area contributed by atoms with Gasteiger partial charge in [0.15, 0.2) is 17.5 Å². The van der Waals surface area contributed by atoms with E-state index in [1.54, 1.807) is 6.07 Å². The number of rotatable bonds is 5. The summed E-state index contributed by atoms with van der Waals surface area (Å²) in [5.41, 5.74) is 4.86. The Labute approximate surface area is 178 Å². The summed E-state index contributed by atoms with van der Waals surface area (Å²) < 4.78 is 54.9. The topological polar surface area (TPSA) is 0 Å². The van der Waals surface area contributed by atoms with Crippen molar-refractivity contribution < 1.29 is 17.6 Å². The predicted octanol–water partition coefficient (Wildman–Crippen LogP) is 8.20. The van der Waals surface area contributed by atoms with E-state index in [1.807, 2.05) is 24.3 Å². The highest BCUT2D eigenvalue weighted by Crippen LogP contribution is 2.31. The summed E-state index contributed by atoms with van der Waals surface area (Å²) in [6.07, 6.45) is 2.16. The van der Waals surface area contributed by atoms with Crippen molar-refractivity contribution in [1.29, 1.82) is 0 Å². The first-order valence-electron chi connectivity index (χ1n) is 10.1. The van der Waals surface area contributed by atoms with Gasteiger partial charge in [0.25, 0.3) is 0 Å². The van der Waals surface area contributed by atoms with Crippen LogP contribution in [-0.2, 0) is 6.42 Å². The van der Waals surface area contributed by atoms with Gasteiger partial charge in [-0.1, -0.05) is 74.0 Å². The molecule has 0 heterocycles. The maximum atomic E-state index is 14.7. The van der Waals surface area contributed by atoms with Crippen molar-refractivity contribution in [3.8, 4) is 33.4 Å². The van der Waals surface area contributed by atoms with Gasteiger partial charge in [-0.25, -0.2) is 17.6 Å². The molecule has 0 aliphatic carbocycles. The van der Waals surface area contributed by atoms with Crippen LogP contribution in [0.1, 0.15) is 18.9 Å². The van der Waals surface area contributed by atoms with E-state index in [0.717, 1.165) is 41.7 Å². The minimum Gasteiger partial charge on any atom is -0.206 e. The van der Waals surface area contributed by atoms with Crippen molar-refractivity contribution >= 4 is 0 Å². The van der Waals surface area contributed by atoms with E-state index < -0.39 is 23.3 Å². The molecule has 0 amide bonds. The zero-order valence-electron chi connectivity index (χ0n) is 16.9. The third-order valence-electron chi connectivity index (χ3n) is 5.31. The lowest BCUT2D eigenvalue weighted by molar-refractivity contribution is 0.447. The predicted molar refractivity (Wildman–Crippen MR) is 117 cm³/mol. The van der Waals surface area contributed by atoms with E-state index in [4.69, 9.17) is 0 Å². The monoisotopic (exact) mass is 420 g/mol. The molecule has 0 unspecified atom stereocenters. The van der Waals surface area contributed by atoms with Gasteiger partial charge in [-0.15, -0.1) is 0 Å². The number of benzene rings is 4. The fourth-order valence-electron chi connectivity index (χ4n) is 3.65. The standard InChI is InChI=1S/C27H20F4/c1-2-3-17-4-6-18(7-5-17)19-8-10-20(11-9-19)21-12-13-23(24(28)14-21)22-15-25(29)27(31)26(30)16-22/h4-16H,2-3H2,1H3. The molecule has 156 valence electrons. The Morgan fingerprint density at radius 2 is 0.968 bits per heavy atom. The average molecular weight is 420 g/mol. The van der Waals surface area contributed by atoms with E-state index in [-0.39, 0.29) is 11.1 Å². The number of aryl methyl sites for hydroxylation is 1. The van der Waals surface area contributed by atoms with Crippen LogP contribution in [0.2, 0.25) is 0 Å². The van der Waals surface area contributed by atoms with E-state index in [2.05, 4.69) is 31.2 Å². The van der Waals surface area contributed by atoms with Crippen LogP contribution in [0.25, 0.3) is 33.4 Å². The van der Waals surface area contributed by atoms with Crippen LogP contribution in [0.5, 0.6) is 0 Å². The summed E-state index contributed by atoms with van der Waals surface area (Å²) in [6, 6.07) is 22.2. The van der Waals surface area contributed by atoms with Crippen LogP contribution in [0, 0.1) is 23.3 Å².